The Hall–Kier alpha value is -1.23. The minimum Gasteiger partial charge on any atom is -0.353 e. The maximum absolute atomic E-state index is 13.4. The molecule has 10 heteroatoms. The molecule has 1 heterocycles. The van der Waals surface area contributed by atoms with Gasteiger partial charge in [-0.2, -0.15) is 0 Å². The fraction of sp³-hybridized carbons (Fsp3) is 0.923. The van der Waals surface area contributed by atoms with Crippen molar-refractivity contribution >= 4 is 21.8 Å². The van der Waals surface area contributed by atoms with Crippen molar-refractivity contribution in [2.24, 2.45) is 11.8 Å². The van der Waals surface area contributed by atoms with Crippen LogP contribution in [-0.4, -0.2) is 73.3 Å². The zero-order chi connectivity index (χ0) is 25.9. The summed E-state index contributed by atoms with van der Waals surface area (Å²) in [4.78, 5) is 28.2. The molecule has 0 spiro atoms. The average molecular weight is 526 g/mol. The van der Waals surface area contributed by atoms with E-state index in [4.69, 9.17) is 0 Å². The SMILES string of the molecule is CCCN(C(=O)C1CCC(NC(=O)CC2CCC(S(=O)(=O)NC3CC3)CC2)CC1)C1CC(C)NN1C. The van der Waals surface area contributed by atoms with Gasteiger partial charge in [0.2, 0.25) is 21.8 Å². The maximum Gasteiger partial charge on any atom is 0.226 e. The van der Waals surface area contributed by atoms with Crippen molar-refractivity contribution in [3.8, 4) is 0 Å². The number of sulfonamides is 1. The fourth-order valence-electron chi connectivity index (χ4n) is 6.39. The lowest BCUT2D eigenvalue weighted by molar-refractivity contribution is -0.142. The van der Waals surface area contributed by atoms with Crippen LogP contribution in [0, 0.1) is 11.8 Å². The molecular weight excluding hydrogens is 478 g/mol. The normalized spacial score (nSPS) is 33.9. The Kier molecular flexibility index (Phi) is 9.33. The first-order chi connectivity index (χ1) is 17.2. The number of nitrogens with one attached hydrogen (secondary N) is 3. The highest BCUT2D eigenvalue weighted by Crippen LogP contribution is 2.33. The second kappa shape index (κ2) is 12.1. The number of nitrogens with zero attached hydrogens (tertiary/aromatic N) is 2. The summed E-state index contributed by atoms with van der Waals surface area (Å²) >= 11 is 0. The lowest BCUT2D eigenvalue weighted by atomic mass is 9.84. The van der Waals surface area contributed by atoms with E-state index in [1.54, 1.807) is 0 Å². The molecule has 4 rings (SSSR count). The smallest absolute Gasteiger partial charge is 0.226 e. The van der Waals surface area contributed by atoms with Gasteiger partial charge in [-0.3, -0.25) is 15.0 Å². The molecule has 1 aliphatic heterocycles. The molecule has 2 atom stereocenters. The second-order valence-electron chi connectivity index (χ2n) is 11.8. The van der Waals surface area contributed by atoms with Crippen molar-refractivity contribution in [1.82, 2.24) is 25.4 Å². The molecule has 0 aromatic rings. The summed E-state index contributed by atoms with van der Waals surface area (Å²) in [6, 6.07) is 0.664. The van der Waals surface area contributed by atoms with Crippen molar-refractivity contribution in [3.63, 3.8) is 0 Å². The molecule has 3 N–H and O–H groups in total. The summed E-state index contributed by atoms with van der Waals surface area (Å²) in [6.07, 6.45) is 10.6. The van der Waals surface area contributed by atoms with Gasteiger partial charge in [0.15, 0.2) is 0 Å². The topological polar surface area (TPSA) is 111 Å². The number of hydrogen-bond donors (Lipinski definition) is 3. The maximum atomic E-state index is 13.4. The highest BCUT2D eigenvalue weighted by molar-refractivity contribution is 7.90. The molecule has 2 unspecified atom stereocenters. The van der Waals surface area contributed by atoms with Gasteiger partial charge >= 0.3 is 0 Å². The van der Waals surface area contributed by atoms with E-state index in [9.17, 15) is 18.0 Å². The lowest BCUT2D eigenvalue weighted by Gasteiger charge is -2.37. The minimum absolute atomic E-state index is 0.0375. The van der Waals surface area contributed by atoms with E-state index in [2.05, 4.69) is 39.2 Å². The van der Waals surface area contributed by atoms with Crippen LogP contribution in [0.2, 0.25) is 0 Å². The van der Waals surface area contributed by atoms with E-state index < -0.39 is 10.0 Å². The van der Waals surface area contributed by atoms with Gasteiger partial charge in [-0.1, -0.05) is 6.92 Å². The first-order valence-electron chi connectivity index (χ1n) is 14.3. The van der Waals surface area contributed by atoms with E-state index in [1.165, 1.54) is 0 Å². The molecule has 9 nitrogen and oxygen atoms in total. The van der Waals surface area contributed by atoms with E-state index in [0.29, 0.717) is 25.3 Å². The van der Waals surface area contributed by atoms with Crippen LogP contribution in [-0.2, 0) is 19.6 Å². The molecule has 36 heavy (non-hydrogen) atoms. The van der Waals surface area contributed by atoms with Gasteiger partial charge in [-0.05, 0) is 89.9 Å². The summed E-state index contributed by atoms with van der Waals surface area (Å²) in [6.45, 7) is 5.05. The Bertz CT molecular complexity index is 864. The molecule has 4 fully saturated rings. The largest absolute Gasteiger partial charge is 0.353 e. The summed E-state index contributed by atoms with van der Waals surface area (Å²) in [5, 5.41) is 4.99. The van der Waals surface area contributed by atoms with Crippen LogP contribution in [0.3, 0.4) is 0 Å². The molecule has 0 aromatic heterocycles. The van der Waals surface area contributed by atoms with Crippen molar-refractivity contribution in [2.75, 3.05) is 13.6 Å². The fourth-order valence-corrected chi connectivity index (χ4v) is 8.17. The Morgan fingerprint density at radius 2 is 1.61 bits per heavy atom. The molecule has 3 saturated carbocycles. The van der Waals surface area contributed by atoms with Gasteiger partial charge in [-0.25, -0.2) is 18.1 Å². The third kappa shape index (κ3) is 7.20. The van der Waals surface area contributed by atoms with Crippen LogP contribution in [0.4, 0.5) is 0 Å². The molecule has 1 saturated heterocycles. The van der Waals surface area contributed by atoms with Crippen LogP contribution >= 0.6 is 0 Å². The first kappa shape index (κ1) is 27.8. The zero-order valence-corrected chi connectivity index (χ0v) is 23.2. The lowest BCUT2D eigenvalue weighted by Crippen LogP contribution is -2.51. The van der Waals surface area contributed by atoms with E-state index >= 15 is 0 Å². The molecule has 0 aromatic carbocycles. The monoisotopic (exact) mass is 525 g/mol. The van der Waals surface area contributed by atoms with E-state index in [0.717, 1.165) is 70.8 Å². The molecule has 206 valence electrons. The van der Waals surface area contributed by atoms with Gasteiger partial charge in [0.05, 0.1) is 11.4 Å². The van der Waals surface area contributed by atoms with E-state index in [-0.39, 0.29) is 47.1 Å². The third-order valence-corrected chi connectivity index (χ3v) is 10.6. The molecule has 2 amide bonds. The van der Waals surface area contributed by atoms with Gasteiger partial charge in [0.25, 0.3) is 0 Å². The summed E-state index contributed by atoms with van der Waals surface area (Å²) < 4.78 is 27.7. The molecular formula is C26H47N5O4S. The van der Waals surface area contributed by atoms with Crippen molar-refractivity contribution in [3.05, 3.63) is 0 Å². The summed E-state index contributed by atoms with van der Waals surface area (Å²) in [5.41, 5.74) is 3.40. The Balaban J connectivity index is 1.18. The first-order valence-corrected chi connectivity index (χ1v) is 15.8. The Morgan fingerprint density at radius 1 is 0.972 bits per heavy atom. The predicted molar refractivity (Wildman–Crippen MR) is 140 cm³/mol. The van der Waals surface area contributed by atoms with Crippen LogP contribution < -0.4 is 15.5 Å². The van der Waals surface area contributed by atoms with Crippen LogP contribution in [0.1, 0.15) is 97.3 Å². The third-order valence-electron chi connectivity index (χ3n) is 8.60. The van der Waals surface area contributed by atoms with Gasteiger partial charge < -0.3 is 10.2 Å². The van der Waals surface area contributed by atoms with Gasteiger partial charge in [0, 0.05) is 44.1 Å². The quantitative estimate of drug-likeness (QED) is 0.404. The number of hydrogen-bond acceptors (Lipinski definition) is 6. The average Bonchev–Trinajstić information content (AvgIpc) is 3.58. The highest BCUT2D eigenvalue weighted by atomic mass is 32.2. The second-order valence-corrected chi connectivity index (χ2v) is 13.8. The Morgan fingerprint density at radius 3 is 2.17 bits per heavy atom. The zero-order valence-electron chi connectivity index (χ0n) is 22.4. The standard InChI is InChI=1S/C26H47N5O4S/c1-4-15-31(25-16-18(2)28-30(25)3)26(33)20-7-9-21(10-8-20)27-24(32)17-19-5-13-23(14-6-19)36(34,35)29-22-11-12-22/h18-23,25,28-29H,4-17H2,1-3H3,(H,27,32). The van der Waals surface area contributed by atoms with Crippen molar-refractivity contribution in [1.29, 1.82) is 0 Å². The summed E-state index contributed by atoms with van der Waals surface area (Å²) in [5.74, 6) is 0.637. The van der Waals surface area contributed by atoms with Crippen LogP contribution in [0.15, 0.2) is 0 Å². The van der Waals surface area contributed by atoms with Crippen LogP contribution in [0.5, 0.6) is 0 Å². The summed E-state index contributed by atoms with van der Waals surface area (Å²) in [7, 11) is -1.20. The molecule has 4 aliphatic rings. The Labute approximate surface area is 217 Å². The van der Waals surface area contributed by atoms with E-state index in [1.807, 2.05) is 7.05 Å². The minimum atomic E-state index is -3.22. The highest BCUT2D eigenvalue weighted by Gasteiger charge is 2.38. The predicted octanol–water partition coefficient (Wildman–Crippen LogP) is 2.49. The molecule has 0 bridgehead atoms. The van der Waals surface area contributed by atoms with Crippen molar-refractivity contribution < 1.29 is 18.0 Å². The number of carbonyl (C=O) groups is 2. The number of amides is 2. The number of rotatable bonds is 10. The molecule has 3 aliphatic carbocycles. The van der Waals surface area contributed by atoms with Gasteiger partial charge in [-0.15, -0.1) is 0 Å². The number of carbonyl (C=O) groups excluding carboxylic acids is 2. The van der Waals surface area contributed by atoms with Crippen molar-refractivity contribution in [2.45, 2.75) is 127 Å². The van der Waals surface area contributed by atoms with Crippen LogP contribution in [0.25, 0.3) is 0 Å². The number of hydrazine groups is 1. The molecule has 0 radical (unpaired) electrons. The van der Waals surface area contributed by atoms with Gasteiger partial charge in [0.1, 0.15) is 0 Å².